The van der Waals surface area contributed by atoms with Gasteiger partial charge in [-0.2, -0.15) is 0 Å². The molecule has 0 heteroatoms. The molecule has 18 heavy (non-hydrogen) atoms. The largest absolute Gasteiger partial charge is 0.0654 e. The van der Waals surface area contributed by atoms with Crippen LogP contribution in [0.4, 0.5) is 0 Å². The second-order valence-electron chi connectivity index (χ2n) is 5.88. The first-order valence-electron chi connectivity index (χ1n) is 7.71. The maximum atomic E-state index is 2.41. The molecule has 0 bridgehead atoms. The first-order valence-corrected chi connectivity index (χ1v) is 7.71. The summed E-state index contributed by atoms with van der Waals surface area (Å²) in [6.45, 7) is 9.22. The molecule has 0 radical (unpaired) electrons. The second-order valence-corrected chi connectivity index (χ2v) is 5.88. The lowest BCUT2D eigenvalue weighted by Gasteiger charge is -2.20. The van der Waals surface area contributed by atoms with E-state index in [4.69, 9.17) is 0 Å². The van der Waals surface area contributed by atoms with Gasteiger partial charge in [-0.05, 0) is 24.3 Å². The van der Waals surface area contributed by atoms with Crippen molar-refractivity contribution in [3.63, 3.8) is 0 Å². The lowest BCUT2D eigenvalue weighted by molar-refractivity contribution is 0.426. The van der Waals surface area contributed by atoms with Crippen molar-refractivity contribution in [3.05, 3.63) is 35.4 Å². The van der Waals surface area contributed by atoms with Crippen molar-refractivity contribution < 1.29 is 0 Å². The van der Waals surface area contributed by atoms with Gasteiger partial charge in [0.25, 0.3) is 0 Å². The Morgan fingerprint density at radius 2 is 1.50 bits per heavy atom. The average molecular weight is 246 g/mol. The Bertz CT molecular complexity index is 309. The molecule has 0 heterocycles. The fourth-order valence-electron chi connectivity index (χ4n) is 2.52. The minimum Gasteiger partial charge on any atom is -0.0654 e. The SMILES string of the molecule is CCCCCCCC(C)C(C)c1ccc(C)cc1. The number of rotatable bonds is 8. The van der Waals surface area contributed by atoms with E-state index in [1.54, 1.807) is 0 Å². The highest BCUT2D eigenvalue weighted by atomic mass is 14.2. The Morgan fingerprint density at radius 1 is 0.889 bits per heavy atom. The van der Waals surface area contributed by atoms with Crippen LogP contribution < -0.4 is 0 Å². The molecule has 0 saturated carbocycles. The molecule has 0 saturated heterocycles. The van der Waals surface area contributed by atoms with E-state index < -0.39 is 0 Å². The first kappa shape index (κ1) is 15.3. The zero-order chi connectivity index (χ0) is 13.4. The van der Waals surface area contributed by atoms with Crippen LogP contribution >= 0.6 is 0 Å². The van der Waals surface area contributed by atoms with Crippen LogP contribution in [0.15, 0.2) is 24.3 Å². The van der Waals surface area contributed by atoms with Crippen molar-refractivity contribution in [3.8, 4) is 0 Å². The van der Waals surface area contributed by atoms with E-state index in [2.05, 4.69) is 52.0 Å². The second kappa shape index (κ2) is 8.34. The van der Waals surface area contributed by atoms with E-state index in [1.807, 2.05) is 0 Å². The molecule has 1 rings (SSSR count). The van der Waals surface area contributed by atoms with Crippen molar-refractivity contribution in [2.24, 2.45) is 5.92 Å². The van der Waals surface area contributed by atoms with E-state index in [0.29, 0.717) is 5.92 Å². The summed E-state index contributed by atoms with van der Waals surface area (Å²) >= 11 is 0. The van der Waals surface area contributed by atoms with Crippen molar-refractivity contribution in [1.29, 1.82) is 0 Å². The molecule has 1 aromatic carbocycles. The maximum absolute atomic E-state index is 2.41. The Morgan fingerprint density at radius 3 is 2.11 bits per heavy atom. The Hall–Kier alpha value is -0.780. The van der Waals surface area contributed by atoms with Gasteiger partial charge in [0, 0.05) is 0 Å². The molecule has 0 aliphatic carbocycles. The summed E-state index contributed by atoms with van der Waals surface area (Å²) in [5, 5.41) is 0. The van der Waals surface area contributed by atoms with E-state index in [0.717, 1.165) is 5.92 Å². The van der Waals surface area contributed by atoms with Gasteiger partial charge in [0.15, 0.2) is 0 Å². The Kier molecular flexibility index (Phi) is 7.08. The zero-order valence-corrected chi connectivity index (χ0v) is 12.7. The summed E-state index contributed by atoms with van der Waals surface area (Å²) in [7, 11) is 0. The van der Waals surface area contributed by atoms with Crippen LogP contribution in [0.1, 0.15) is 76.3 Å². The number of benzene rings is 1. The number of hydrogen-bond acceptors (Lipinski definition) is 0. The third-order valence-electron chi connectivity index (χ3n) is 4.22. The molecule has 0 N–H and O–H groups in total. The molecule has 0 nitrogen and oxygen atoms in total. The Balaban J connectivity index is 2.32. The van der Waals surface area contributed by atoms with Crippen molar-refractivity contribution in [2.75, 3.05) is 0 Å². The fraction of sp³-hybridized carbons (Fsp3) is 0.667. The van der Waals surface area contributed by atoms with E-state index >= 15 is 0 Å². The number of hydrogen-bond donors (Lipinski definition) is 0. The highest BCUT2D eigenvalue weighted by Crippen LogP contribution is 2.28. The van der Waals surface area contributed by atoms with Gasteiger partial charge in [-0.3, -0.25) is 0 Å². The van der Waals surface area contributed by atoms with E-state index in [-0.39, 0.29) is 0 Å². The summed E-state index contributed by atoms with van der Waals surface area (Å²) < 4.78 is 0. The fourth-order valence-corrected chi connectivity index (χ4v) is 2.52. The standard InChI is InChI=1S/C18H30/c1-5-6-7-8-9-10-16(3)17(4)18-13-11-15(2)12-14-18/h11-14,16-17H,5-10H2,1-4H3. The van der Waals surface area contributed by atoms with Gasteiger partial charge in [-0.1, -0.05) is 89.1 Å². The summed E-state index contributed by atoms with van der Waals surface area (Å²) in [5.74, 6) is 1.49. The lowest BCUT2D eigenvalue weighted by atomic mass is 9.85. The van der Waals surface area contributed by atoms with Gasteiger partial charge in [0.1, 0.15) is 0 Å². The van der Waals surface area contributed by atoms with Crippen LogP contribution in [0.3, 0.4) is 0 Å². The highest BCUT2D eigenvalue weighted by Gasteiger charge is 2.13. The third-order valence-corrected chi connectivity index (χ3v) is 4.22. The summed E-state index contributed by atoms with van der Waals surface area (Å²) in [5.41, 5.74) is 2.86. The summed E-state index contributed by atoms with van der Waals surface area (Å²) in [6.07, 6.45) is 8.36. The van der Waals surface area contributed by atoms with Crippen LogP contribution in [0, 0.1) is 12.8 Å². The zero-order valence-electron chi connectivity index (χ0n) is 12.7. The molecule has 0 amide bonds. The van der Waals surface area contributed by atoms with Crippen molar-refractivity contribution in [1.82, 2.24) is 0 Å². The molecule has 0 aliphatic rings. The quantitative estimate of drug-likeness (QED) is 0.486. The molecular formula is C18H30. The number of unbranched alkanes of at least 4 members (excludes halogenated alkanes) is 4. The minimum atomic E-state index is 0.691. The normalized spacial score (nSPS) is 14.4. The van der Waals surface area contributed by atoms with Crippen LogP contribution in [-0.4, -0.2) is 0 Å². The summed E-state index contributed by atoms with van der Waals surface area (Å²) in [6, 6.07) is 9.07. The third kappa shape index (κ3) is 5.25. The molecule has 2 unspecified atom stereocenters. The van der Waals surface area contributed by atoms with Gasteiger partial charge in [0.05, 0.1) is 0 Å². The first-order chi connectivity index (χ1) is 8.65. The average Bonchev–Trinajstić information content (AvgIpc) is 2.38. The van der Waals surface area contributed by atoms with Gasteiger partial charge in [0.2, 0.25) is 0 Å². The van der Waals surface area contributed by atoms with E-state index in [1.165, 1.54) is 49.7 Å². The molecule has 1 aromatic rings. The van der Waals surface area contributed by atoms with Crippen LogP contribution in [0.5, 0.6) is 0 Å². The molecule has 0 aliphatic heterocycles. The highest BCUT2D eigenvalue weighted by molar-refractivity contribution is 5.24. The topological polar surface area (TPSA) is 0 Å². The van der Waals surface area contributed by atoms with Gasteiger partial charge in [-0.25, -0.2) is 0 Å². The molecule has 0 fully saturated rings. The maximum Gasteiger partial charge on any atom is -0.0165 e. The number of aryl methyl sites for hydroxylation is 1. The van der Waals surface area contributed by atoms with E-state index in [9.17, 15) is 0 Å². The van der Waals surface area contributed by atoms with Crippen LogP contribution in [0.25, 0.3) is 0 Å². The molecule has 102 valence electrons. The molecule has 2 atom stereocenters. The summed E-state index contributed by atoms with van der Waals surface area (Å²) in [4.78, 5) is 0. The van der Waals surface area contributed by atoms with Gasteiger partial charge < -0.3 is 0 Å². The predicted molar refractivity (Wildman–Crippen MR) is 82.1 cm³/mol. The molecule has 0 aromatic heterocycles. The minimum absolute atomic E-state index is 0.691. The van der Waals surface area contributed by atoms with Crippen LogP contribution in [-0.2, 0) is 0 Å². The molecular weight excluding hydrogens is 216 g/mol. The van der Waals surface area contributed by atoms with Crippen LogP contribution in [0.2, 0.25) is 0 Å². The Labute approximate surface area is 114 Å². The molecule has 0 spiro atoms. The monoisotopic (exact) mass is 246 g/mol. The smallest absolute Gasteiger partial charge is 0.0165 e. The van der Waals surface area contributed by atoms with Gasteiger partial charge in [-0.15, -0.1) is 0 Å². The van der Waals surface area contributed by atoms with Crippen molar-refractivity contribution >= 4 is 0 Å². The predicted octanol–water partition coefficient (Wildman–Crippen LogP) is 6.10. The lowest BCUT2D eigenvalue weighted by Crippen LogP contribution is -2.06. The van der Waals surface area contributed by atoms with Crippen molar-refractivity contribution in [2.45, 2.75) is 72.1 Å². The van der Waals surface area contributed by atoms with Gasteiger partial charge >= 0.3 is 0 Å².